The number of thioether (sulfide) groups is 2. The van der Waals surface area contributed by atoms with Gasteiger partial charge in [0, 0.05) is 0 Å². The summed E-state index contributed by atoms with van der Waals surface area (Å²) < 4.78 is 0.672. The Morgan fingerprint density at radius 1 is 0.786 bits per heavy atom. The van der Waals surface area contributed by atoms with Crippen molar-refractivity contribution in [3.63, 3.8) is 0 Å². The van der Waals surface area contributed by atoms with Gasteiger partial charge in [-0.2, -0.15) is 10.5 Å². The number of imidazole rings is 2. The maximum atomic E-state index is 9.32. The first-order valence-corrected chi connectivity index (χ1v) is 10.4. The van der Waals surface area contributed by atoms with Crippen molar-refractivity contribution in [2.75, 3.05) is 0 Å². The molecule has 0 aliphatic carbocycles. The summed E-state index contributed by atoms with van der Waals surface area (Å²) in [6.07, 6.45) is 0. The Kier molecular flexibility index (Phi) is 5.34. The third kappa shape index (κ3) is 3.89. The average molecular weight is 403 g/mol. The highest BCUT2D eigenvalue weighted by Crippen LogP contribution is 2.35. The quantitative estimate of drug-likeness (QED) is 0.446. The number of nitriles is 2. The fraction of sp³-hybridized carbons (Fsp3) is 0.100. The molecule has 136 valence electrons. The second-order valence-corrected chi connectivity index (χ2v) is 8.09. The summed E-state index contributed by atoms with van der Waals surface area (Å²) in [7, 11) is 0. The summed E-state index contributed by atoms with van der Waals surface area (Å²) in [6, 6.07) is 19.6. The van der Waals surface area contributed by atoms with E-state index in [-0.39, 0.29) is 5.57 Å². The molecule has 6 nitrogen and oxygen atoms in total. The minimum atomic E-state index is 0.113. The van der Waals surface area contributed by atoms with Gasteiger partial charge in [0.05, 0.1) is 37.8 Å². The number of nitrogens with zero attached hydrogens (tertiary/aromatic N) is 4. The summed E-state index contributed by atoms with van der Waals surface area (Å²) in [5.41, 5.74) is 3.86. The van der Waals surface area contributed by atoms with Crippen LogP contribution in [0.2, 0.25) is 0 Å². The van der Waals surface area contributed by atoms with Crippen molar-refractivity contribution in [2.45, 2.75) is 11.5 Å². The van der Waals surface area contributed by atoms with Crippen LogP contribution in [0, 0.1) is 22.7 Å². The zero-order valence-electron chi connectivity index (χ0n) is 14.6. The Hall–Kier alpha value is -3.20. The number of hydrogen-bond donors (Lipinski definition) is 2. The van der Waals surface area contributed by atoms with Gasteiger partial charge >= 0.3 is 0 Å². The number of aromatic nitrogens is 4. The predicted octanol–water partition coefficient (Wildman–Crippen LogP) is 4.86. The Balaban J connectivity index is 1.50. The first kappa shape index (κ1) is 18.2. The number of hydrogen-bond acceptors (Lipinski definition) is 6. The number of para-hydroxylation sites is 4. The molecular formula is C20H14N6S2. The standard InChI is InChI=1S/C20H14N6S2/c21-9-13(10-22)20(27-11-18-23-14-5-1-2-6-15(14)24-18)28-12-19-25-16-7-3-4-8-17(16)26-19/h1-8H,11-12H2,(H,23,24)(H,25,26). The van der Waals surface area contributed by atoms with Crippen molar-refractivity contribution >= 4 is 45.6 Å². The average Bonchev–Trinajstić information content (AvgIpc) is 3.33. The van der Waals surface area contributed by atoms with Crippen LogP contribution >= 0.6 is 23.5 Å². The molecule has 4 aromatic rings. The Bertz CT molecular complexity index is 1090. The SMILES string of the molecule is N#CC(C#N)=C(SCc1nc2ccccc2[nH]1)SCc1nc2ccccc2[nH]1. The molecule has 0 aliphatic rings. The van der Waals surface area contributed by atoms with Gasteiger partial charge < -0.3 is 9.97 Å². The first-order chi connectivity index (χ1) is 13.8. The van der Waals surface area contributed by atoms with E-state index in [1.165, 1.54) is 23.5 Å². The lowest BCUT2D eigenvalue weighted by atomic mass is 10.3. The van der Waals surface area contributed by atoms with Crippen LogP contribution in [0.15, 0.2) is 58.3 Å². The van der Waals surface area contributed by atoms with Gasteiger partial charge in [-0.25, -0.2) is 9.97 Å². The molecule has 0 amide bonds. The van der Waals surface area contributed by atoms with Crippen LogP contribution in [-0.4, -0.2) is 19.9 Å². The lowest BCUT2D eigenvalue weighted by Gasteiger charge is -2.05. The highest BCUT2D eigenvalue weighted by atomic mass is 32.2. The fourth-order valence-corrected chi connectivity index (χ4v) is 4.69. The van der Waals surface area contributed by atoms with Crippen LogP contribution in [-0.2, 0) is 11.5 Å². The van der Waals surface area contributed by atoms with Crippen molar-refractivity contribution in [3.05, 3.63) is 70.0 Å². The number of aromatic amines is 2. The monoisotopic (exact) mass is 402 g/mol. The second-order valence-electron chi connectivity index (χ2n) is 5.86. The summed E-state index contributed by atoms with van der Waals surface area (Å²) in [5.74, 6) is 2.71. The molecule has 0 radical (unpaired) electrons. The molecule has 0 spiro atoms. The Morgan fingerprint density at radius 3 is 1.68 bits per heavy atom. The molecule has 2 heterocycles. The van der Waals surface area contributed by atoms with Gasteiger partial charge in [-0.15, -0.1) is 23.5 Å². The largest absolute Gasteiger partial charge is 0.341 e. The molecule has 0 saturated heterocycles. The van der Waals surface area contributed by atoms with Gasteiger partial charge in [0.15, 0.2) is 0 Å². The van der Waals surface area contributed by atoms with Gasteiger partial charge in [-0.1, -0.05) is 24.3 Å². The van der Waals surface area contributed by atoms with E-state index in [0.29, 0.717) is 15.7 Å². The van der Waals surface area contributed by atoms with E-state index in [0.717, 1.165) is 33.7 Å². The highest BCUT2D eigenvalue weighted by molar-refractivity contribution is 8.21. The minimum absolute atomic E-state index is 0.113. The summed E-state index contributed by atoms with van der Waals surface area (Å²) >= 11 is 2.87. The number of rotatable bonds is 6. The maximum Gasteiger partial charge on any atom is 0.149 e. The van der Waals surface area contributed by atoms with Crippen LogP contribution in [0.25, 0.3) is 22.1 Å². The third-order valence-electron chi connectivity index (χ3n) is 3.98. The zero-order chi connectivity index (χ0) is 19.3. The Labute approximate surface area is 169 Å². The highest BCUT2D eigenvalue weighted by Gasteiger charge is 2.12. The smallest absolute Gasteiger partial charge is 0.149 e. The molecule has 0 aliphatic heterocycles. The van der Waals surface area contributed by atoms with E-state index in [2.05, 4.69) is 19.9 Å². The summed E-state index contributed by atoms with van der Waals surface area (Å²) in [5, 5.41) is 18.6. The predicted molar refractivity (Wildman–Crippen MR) is 113 cm³/mol. The Morgan fingerprint density at radius 2 is 1.25 bits per heavy atom. The van der Waals surface area contributed by atoms with Crippen LogP contribution in [0.3, 0.4) is 0 Å². The molecule has 28 heavy (non-hydrogen) atoms. The molecular weight excluding hydrogens is 388 g/mol. The fourth-order valence-electron chi connectivity index (χ4n) is 2.72. The number of allylic oxidation sites excluding steroid dienone is 1. The lowest BCUT2D eigenvalue weighted by molar-refractivity contribution is 1.14. The molecule has 2 N–H and O–H groups in total. The van der Waals surface area contributed by atoms with E-state index < -0.39 is 0 Å². The van der Waals surface area contributed by atoms with Crippen LogP contribution in [0.5, 0.6) is 0 Å². The molecule has 4 rings (SSSR count). The topological polar surface area (TPSA) is 105 Å². The van der Waals surface area contributed by atoms with Crippen LogP contribution in [0.1, 0.15) is 11.6 Å². The number of fused-ring (bicyclic) bond motifs is 2. The van der Waals surface area contributed by atoms with E-state index >= 15 is 0 Å². The molecule has 0 atom stereocenters. The third-order valence-corrected chi connectivity index (χ3v) is 6.46. The van der Waals surface area contributed by atoms with Crippen LogP contribution < -0.4 is 0 Å². The lowest BCUT2D eigenvalue weighted by Crippen LogP contribution is -1.89. The molecule has 8 heteroatoms. The summed E-state index contributed by atoms with van der Waals surface area (Å²) in [4.78, 5) is 15.6. The summed E-state index contributed by atoms with van der Waals surface area (Å²) in [6.45, 7) is 0. The molecule has 0 fully saturated rings. The van der Waals surface area contributed by atoms with Crippen molar-refractivity contribution in [1.29, 1.82) is 10.5 Å². The van der Waals surface area contributed by atoms with Gasteiger partial charge in [-0.3, -0.25) is 0 Å². The second kappa shape index (κ2) is 8.22. The molecule has 2 aromatic heterocycles. The van der Waals surface area contributed by atoms with Gasteiger partial charge in [0.25, 0.3) is 0 Å². The number of benzene rings is 2. The molecule has 2 aromatic carbocycles. The van der Waals surface area contributed by atoms with Gasteiger partial charge in [0.1, 0.15) is 29.4 Å². The zero-order valence-corrected chi connectivity index (χ0v) is 16.3. The van der Waals surface area contributed by atoms with E-state index in [1.54, 1.807) is 0 Å². The first-order valence-electron chi connectivity index (χ1n) is 8.44. The van der Waals surface area contributed by atoms with Crippen molar-refractivity contribution < 1.29 is 0 Å². The minimum Gasteiger partial charge on any atom is -0.341 e. The number of H-pyrrole nitrogens is 2. The van der Waals surface area contributed by atoms with Crippen molar-refractivity contribution in [2.24, 2.45) is 0 Å². The van der Waals surface area contributed by atoms with Crippen molar-refractivity contribution in [3.8, 4) is 12.1 Å². The normalized spacial score (nSPS) is 10.6. The van der Waals surface area contributed by atoms with Crippen LogP contribution in [0.4, 0.5) is 0 Å². The van der Waals surface area contributed by atoms with E-state index in [4.69, 9.17) is 0 Å². The number of nitrogens with one attached hydrogen (secondary N) is 2. The molecule has 0 unspecified atom stereocenters. The van der Waals surface area contributed by atoms with Gasteiger partial charge in [0.2, 0.25) is 0 Å². The molecule has 0 bridgehead atoms. The maximum absolute atomic E-state index is 9.32. The van der Waals surface area contributed by atoms with Crippen molar-refractivity contribution in [1.82, 2.24) is 19.9 Å². The van der Waals surface area contributed by atoms with E-state index in [1.807, 2.05) is 60.7 Å². The van der Waals surface area contributed by atoms with Gasteiger partial charge in [-0.05, 0) is 24.3 Å². The molecule has 0 saturated carbocycles. The van der Waals surface area contributed by atoms with E-state index in [9.17, 15) is 10.5 Å².